The van der Waals surface area contributed by atoms with Crippen molar-refractivity contribution in [2.75, 3.05) is 18.5 Å². The summed E-state index contributed by atoms with van der Waals surface area (Å²) < 4.78 is 42.7. The molecule has 0 spiro atoms. The summed E-state index contributed by atoms with van der Waals surface area (Å²) in [5.74, 6) is -1.41. The molecule has 0 saturated heterocycles. The van der Waals surface area contributed by atoms with Gasteiger partial charge in [0.05, 0.1) is 17.1 Å². The lowest BCUT2D eigenvalue weighted by Crippen LogP contribution is -2.30. The van der Waals surface area contributed by atoms with Crippen LogP contribution in [0.15, 0.2) is 46.3 Å². The fourth-order valence-corrected chi connectivity index (χ4v) is 2.89. The Bertz CT molecular complexity index is 734. The van der Waals surface area contributed by atoms with E-state index in [1.54, 1.807) is 12.1 Å². The monoisotopic (exact) mass is 323 g/mol. The zero-order valence-corrected chi connectivity index (χ0v) is 12.2. The largest absolute Gasteiger partial charge is 0.324 e. The zero-order valence-electron chi connectivity index (χ0n) is 11.4. The molecule has 0 atom stereocenters. The van der Waals surface area contributed by atoms with Crippen molar-refractivity contribution in [1.82, 2.24) is 4.72 Å². The molecule has 1 aliphatic heterocycles. The Balaban J connectivity index is 2.06. The summed E-state index contributed by atoms with van der Waals surface area (Å²) in [6, 6.07) is 9.35. The molecule has 3 rings (SSSR count). The zero-order chi connectivity index (χ0) is 15.5. The molecule has 0 saturated carbocycles. The molecule has 0 aromatic heterocycles. The van der Waals surface area contributed by atoms with Crippen LogP contribution in [0, 0.1) is 11.6 Å². The van der Waals surface area contributed by atoms with Gasteiger partial charge in [0.1, 0.15) is 6.67 Å². The number of aliphatic imine (C=N–C) groups is 1. The Labute approximate surface area is 129 Å². The van der Waals surface area contributed by atoms with Gasteiger partial charge in [-0.1, -0.05) is 24.3 Å². The number of guanidine groups is 1. The lowest BCUT2D eigenvalue weighted by Gasteiger charge is -2.23. The summed E-state index contributed by atoms with van der Waals surface area (Å²) >= 11 is 1.28. The van der Waals surface area contributed by atoms with E-state index >= 15 is 0 Å². The highest BCUT2D eigenvalue weighted by Gasteiger charge is 2.20. The Morgan fingerprint density at radius 3 is 2.64 bits per heavy atom. The minimum atomic E-state index is -0.900. The molecule has 3 nitrogen and oxygen atoms in total. The normalized spacial score (nSPS) is 15.1. The van der Waals surface area contributed by atoms with Crippen LogP contribution < -0.4 is 10.0 Å². The molecule has 2 N–H and O–H groups in total. The summed E-state index contributed by atoms with van der Waals surface area (Å²) in [5, 5.41) is 3.01. The number of hydrogen-bond acceptors (Lipinski definition) is 2. The maximum Gasteiger partial charge on any atom is 0.206 e. The van der Waals surface area contributed by atoms with Gasteiger partial charge < -0.3 is 5.32 Å². The van der Waals surface area contributed by atoms with Crippen molar-refractivity contribution in [3.8, 4) is 11.1 Å². The highest BCUT2D eigenvalue weighted by Crippen LogP contribution is 2.38. The van der Waals surface area contributed by atoms with E-state index in [0.717, 1.165) is 11.0 Å². The van der Waals surface area contributed by atoms with Gasteiger partial charge >= 0.3 is 0 Å². The number of rotatable bonds is 3. The molecule has 0 bridgehead atoms. The fraction of sp³-hybridized carbons (Fsp3) is 0.133. The van der Waals surface area contributed by atoms with Crippen LogP contribution in [0.1, 0.15) is 0 Å². The van der Waals surface area contributed by atoms with Gasteiger partial charge in [0.25, 0.3) is 0 Å². The topological polar surface area (TPSA) is 36.4 Å². The van der Waals surface area contributed by atoms with E-state index in [9.17, 15) is 13.2 Å². The van der Waals surface area contributed by atoms with Gasteiger partial charge in [0.15, 0.2) is 11.6 Å². The number of hydrogen-bond donors (Lipinski definition) is 2. The van der Waals surface area contributed by atoms with Crippen molar-refractivity contribution in [2.45, 2.75) is 4.90 Å². The van der Waals surface area contributed by atoms with Crippen LogP contribution in [-0.2, 0) is 0 Å². The Hall–Kier alpha value is -2.15. The van der Waals surface area contributed by atoms with Crippen molar-refractivity contribution in [1.29, 1.82) is 0 Å². The van der Waals surface area contributed by atoms with Crippen LogP contribution in [0.3, 0.4) is 0 Å². The molecule has 0 unspecified atom stereocenters. The first-order valence-electron chi connectivity index (χ1n) is 6.58. The number of nitrogens with zero attached hydrogens (tertiary/aromatic N) is 1. The number of para-hydroxylation sites is 1. The smallest absolute Gasteiger partial charge is 0.206 e. The summed E-state index contributed by atoms with van der Waals surface area (Å²) in [4.78, 5) is 4.83. The second kappa shape index (κ2) is 6.31. The van der Waals surface area contributed by atoms with Gasteiger partial charge in [-0.3, -0.25) is 4.72 Å². The molecule has 0 aliphatic carbocycles. The summed E-state index contributed by atoms with van der Waals surface area (Å²) in [6.45, 7) is -0.535. The van der Waals surface area contributed by atoms with Crippen molar-refractivity contribution < 1.29 is 13.2 Å². The predicted octanol–water partition coefficient (Wildman–Crippen LogP) is 3.98. The molecule has 7 heteroatoms. The van der Waals surface area contributed by atoms with Crippen LogP contribution in [0.25, 0.3) is 11.1 Å². The first kappa shape index (κ1) is 14.8. The average Bonchev–Trinajstić information content (AvgIpc) is 2.55. The van der Waals surface area contributed by atoms with Crippen molar-refractivity contribution in [3.63, 3.8) is 0 Å². The number of nitrogens with one attached hydrogen (secondary N) is 2. The molecular weight excluding hydrogens is 311 g/mol. The number of benzene rings is 2. The Morgan fingerprint density at radius 1 is 1.05 bits per heavy atom. The fourth-order valence-electron chi connectivity index (χ4n) is 2.15. The molecule has 22 heavy (non-hydrogen) atoms. The molecule has 2 aromatic carbocycles. The molecule has 0 radical (unpaired) electrons. The highest BCUT2D eigenvalue weighted by atomic mass is 32.2. The van der Waals surface area contributed by atoms with E-state index in [1.807, 2.05) is 6.07 Å². The minimum absolute atomic E-state index is 0.0295. The predicted molar refractivity (Wildman–Crippen MR) is 82.7 cm³/mol. The summed E-state index contributed by atoms with van der Waals surface area (Å²) in [5.41, 5.74) is 1.31. The van der Waals surface area contributed by atoms with Crippen molar-refractivity contribution in [3.05, 3.63) is 48.0 Å². The standard InChI is InChI=1S/C15H12F3N3S/c16-7-8-19-15-20-14-10(4-2-6-12(14)22-21-15)9-3-1-5-11(17)13(9)18/h1-6H,7-8H2,(H2,19,20,21). The van der Waals surface area contributed by atoms with E-state index in [1.165, 1.54) is 24.1 Å². The lowest BCUT2D eigenvalue weighted by atomic mass is 10.0. The number of halogens is 3. The molecule has 0 amide bonds. The second-order valence-electron chi connectivity index (χ2n) is 4.53. The van der Waals surface area contributed by atoms with Gasteiger partial charge in [-0.15, -0.1) is 0 Å². The van der Waals surface area contributed by atoms with Crippen molar-refractivity contribution in [2.24, 2.45) is 4.99 Å². The third-order valence-electron chi connectivity index (χ3n) is 3.12. The van der Waals surface area contributed by atoms with E-state index < -0.39 is 18.3 Å². The highest BCUT2D eigenvalue weighted by molar-refractivity contribution is 7.98. The van der Waals surface area contributed by atoms with E-state index in [0.29, 0.717) is 17.2 Å². The van der Waals surface area contributed by atoms with Gasteiger partial charge in [0, 0.05) is 11.1 Å². The van der Waals surface area contributed by atoms with Crippen molar-refractivity contribution >= 4 is 23.6 Å². The van der Waals surface area contributed by atoms with Crippen LogP contribution >= 0.6 is 11.9 Å². The summed E-state index contributed by atoms with van der Waals surface area (Å²) in [7, 11) is 0. The third-order valence-corrected chi connectivity index (χ3v) is 3.98. The SMILES string of the molecule is FCCN=C1NSc2cccc(-c3cccc(F)c3F)c2N1. The van der Waals surface area contributed by atoms with E-state index in [2.05, 4.69) is 15.0 Å². The molecule has 2 aromatic rings. The van der Waals surface area contributed by atoms with Gasteiger partial charge in [-0.05, 0) is 24.1 Å². The van der Waals surface area contributed by atoms with Gasteiger partial charge in [-0.25, -0.2) is 18.2 Å². The van der Waals surface area contributed by atoms with E-state index in [4.69, 9.17) is 0 Å². The average molecular weight is 323 g/mol. The first-order chi connectivity index (χ1) is 10.7. The number of alkyl halides is 1. The van der Waals surface area contributed by atoms with Crippen LogP contribution in [0.5, 0.6) is 0 Å². The Kier molecular flexibility index (Phi) is 4.24. The first-order valence-corrected chi connectivity index (χ1v) is 7.40. The summed E-state index contributed by atoms with van der Waals surface area (Å²) in [6.07, 6.45) is 0. The number of fused-ring (bicyclic) bond motifs is 1. The molecule has 114 valence electrons. The molecular formula is C15H12F3N3S. The maximum atomic E-state index is 14.1. The second-order valence-corrected chi connectivity index (χ2v) is 5.38. The third kappa shape index (κ3) is 2.76. The van der Waals surface area contributed by atoms with Gasteiger partial charge in [0.2, 0.25) is 5.96 Å². The molecule has 0 fully saturated rings. The van der Waals surface area contributed by atoms with Gasteiger partial charge in [-0.2, -0.15) is 0 Å². The van der Waals surface area contributed by atoms with Crippen LogP contribution in [-0.4, -0.2) is 19.2 Å². The lowest BCUT2D eigenvalue weighted by molar-refractivity contribution is 0.504. The van der Waals surface area contributed by atoms with E-state index in [-0.39, 0.29) is 12.1 Å². The molecule has 1 aliphatic rings. The quantitative estimate of drug-likeness (QED) is 0.839. The molecule has 1 heterocycles. The maximum absolute atomic E-state index is 14.1. The minimum Gasteiger partial charge on any atom is -0.324 e. The van der Waals surface area contributed by atoms with Crippen LogP contribution in [0.2, 0.25) is 0 Å². The van der Waals surface area contributed by atoms with Crippen LogP contribution in [0.4, 0.5) is 18.9 Å². The number of anilines is 1. The Morgan fingerprint density at radius 2 is 1.82 bits per heavy atom.